The van der Waals surface area contributed by atoms with Crippen molar-refractivity contribution in [2.75, 3.05) is 18.9 Å². The van der Waals surface area contributed by atoms with Gasteiger partial charge in [-0.1, -0.05) is 17.9 Å². The molecule has 1 saturated heterocycles. The predicted octanol–water partition coefficient (Wildman–Crippen LogP) is 2.35. The first kappa shape index (κ1) is 15.9. The molecule has 1 aliphatic rings. The van der Waals surface area contributed by atoms with Gasteiger partial charge >= 0.3 is 0 Å². The number of hydrogen-bond donors (Lipinski definition) is 2. The number of rotatable bonds is 3. The molecule has 1 aliphatic heterocycles. The quantitative estimate of drug-likeness (QED) is 0.843. The smallest absolute Gasteiger partial charge is 0.251 e. The van der Waals surface area contributed by atoms with Crippen molar-refractivity contribution in [2.45, 2.75) is 31.4 Å². The molecule has 0 spiro atoms. The number of aryl methyl sites for hydroxylation is 1. The number of aliphatic hydroxyl groups excluding tert-OH is 1. The van der Waals surface area contributed by atoms with E-state index in [0.29, 0.717) is 12.1 Å². The van der Waals surface area contributed by atoms with Gasteiger partial charge in [-0.15, -0.1) is 0 Å². The number of carbonyl (C=O) groups excluding carboxylic acids is 1. The lowest BCUT2D eigenvalue weighted by atomic mass is 10.0. The first-order valence-electron chi connectivity index (χ1n) is 7.17. The SMILES string of the molecule is Cc1ccc(C(=O)NCC2(C)CCCS2)cc1C#CCO. The summed E-state index contributed by atoms with van der Waals surface area (Å²) in [4.78, 5) is 12.3. The Hall–Kier alpha value is -1.44. The summed E-state index contributed by atoms with van der Waals surface area (Å²) in [5.74, 6) is 6.62. The maximum absolute atomic E-state index is 12.3. The van der Waals surface area contributed by atoms with Gasteiger partial charge in [-0.3, -0.25) is 4.79 Å². The fourth-order valence-corrected chi connectivity index (χ4v) is 3.62. The van der Waals surface area contributed by atoms with Gasteiger partial charge in [-0.2, -0.15) is 11.8 Å². The third-order valence-corrected chi connectivity index (χ3v) is 5.26. The van der Waals surface area contributed by atoms with Crippen molar-refractivity contribution in [3.8, 4) is 11.8 Å². The Morgan fingerprint density at radius 2 is 2.33 bits per heavy atom. The Bertz CT molecular complexity index is 580. The van der Waals surface area contributed by atoms with E-state index in [2.05, 4.69) is 24.1 Å². The van der Waals surface area contributed by atoms with Crippen molar-refractivity contribution >= 4 is 17.7 Å². The molecule has 112 valence electrons. The second kappa shape index (κ2) is 7.02. The van der Waals surface area contributed by atoms with Crippen LogP contribution in [0.3, 0.4) is 0 Å². The standard InChI is InChI=1S/C17H21NO2S/c1-13-6-7-15(11-14(13)5-3-9-19)16(20)18-12-17(2)8-4-10-21-17/h6-7,11,19H,4,8-10,12H2,1-2H3,(H,18,20). The van der Waals surface area contributed by atoms with Crippen molar-refractivity contribution < 1.29 is 9.90 Å². The highest BCUT2D eigenvalue weighted by Gasteiger charge is 2.29. The van der Waals surface area contributed by atoms with E-state index in [9.17, 15) is 4.79 Å². The highest BCUT2D eigenvalue weighted by atomic mass is 32.2. The first-order chi connectivity index (χ1) is 10.0. The Morgan fingerprint density at radius 1 is 1.52 bits per heavy atom. The Balaban J connectivity index is 2.05. The molecule has 1 amide bonds. The fourth-order valence-electron chi connectivity index (χ4n) is 2.38. The Morgan fingerprint density at radius 3 is 3.00 bits per heavy atom. The minimum atomic E-state index is -0.175. The fraction of sp³-hybridized carbons (Fsp3) is 0.471. The van der Waals surface area contributed by atoms with Crippen molar-refractivity contribution in [2.24, 2.45) is 0 Å². The van der Waals surface area contributed by atoms with Crippen LogP contribution in [0.5, 0.6) is 0 Å². The molecule has 2 N–H and O–H groups in total. The highest BCUT2D eigenvalue weighted by Crippen LogP contribution is 2.36. The zero-order valence-electron chi connectivity index (χ0n) is 12.5. The normalized spacial score (nSPS) is 20.7. The number of benzene rings is 1. The van der Waals surface area contributed by atoms with E-state index in [4.69, 9.17) is 5.11 Å². The molecule has 1 fully saturated rings. The summed E-state index contributed by atoms with van der Waals surface area (Å²) in [7, 11) is 0. The van der Waals surface area contributed by atoms with E-state index in [0.717, 1.165) is 17.5 Å². The molecular weight excluding hydrogens is 282 g/mol. The lowest BCUT2D eigenvalue weighted by Gasteiger charge is -2.22. The predicted molar refractivity (Wildman–Crippen MR) is 87.6 cm³/mol. The van der Waals surface area contributed by atoms with Crippen LogP contribution in [0.1, 0.15) is 41.3 Å². The van der Waals surface area contributed by atoms with Gasteiger partial charge in [0.25, 0.3) is 5.91 Å². The summed E-state index contributed by atoms with van der Waals surface area (Å²) >= 11 is 1.93. The van der Waals surface area contributed by atoms with Crippen molar-refractivity contribution in [1.29, 1.82) is 0 Å². The van der Waals surface area contributed by atoms with Crippen LogP contribution in [0.2, 0.25) is 0 Å². The minimum absolute atomic E-state index is 0.0595. The summed E-state index contributed by atoms with van der Waals surface area (Å²) in [5.41, 5.74) is 2.42. The molecule has 0 bridgehead atoms. The molecule has 0 aromatic heterocycles. The van der Waals surface area contributed by atoms with Gasteiger partial charge in [0.1, 0.15) is 6.61 Å². The Kier molecular flexibility index (Phi) is 5.33. The maximum Gasteiger partial charge on any atom is 0.251 e. The average Bonchev–Trinajstić information content (AvgIpc) is 2.91. The molecule has 0 aliphatic carbocycles. The molecule has 1 heterocycles. The zero-order valence-corrected chi connectivity index (χ0v) is 13.3. The second-order valence-corrected chi connectivity index (χ2v) is 7.26. The highest BCUT2D eigenvalue weighted by molar-refractivity contribution is 8.00. The molecule has 1 aromatic rings. The van der Waals surface area contributed by atoms with Crippen molar-refractivity contribution in [3.05, 3.63) is 34.9 Å². The third-order valence-electron chi connectivity index (χ3n) is 3.73. The zero-order chi connectivity index (χ0) is 15.3. The van der Waals surface area contributed by atoms with E-state index < -0.39 is 0 Å². The molecule has 0 radical (unpaired) electrons. The monoisotopic (exact) mass is 303 g/mol. The van der Waals surface area contributed by atoms with E-state index in [-0.39, 0.29) is 17.3 Å². The summed E-state index contributed by atoms with van der Waals surface area (Å²) < 4.78 is 0.167. The van der Waals surface area contributed by atoms with Crippen molar-refractivity contribution in [1.82, 2.24) is 5.32 Å². The summed E-state index contributed by atoms with van der Waals surface area (Å²) in [6, 6.07) is 5.50. The van der Waals surface area contributed by atoms with Crippen LogP contribution in [0.25, 0.3) is 0 Å². The summed E-state index contributed by atoms with van der Waals surface area (Å²) in [6.07, 6.45) is 2.38. The number of thioether (sulfide) groups is 1. The Labute approximate surface area is 130 Å². The first-order valence-corrected chi connectivity index (χ1v) is 8.15. The largest absolute Gasteiger partial charge is 0.384 e. The van der Waals surface area contributed by atoms with E-state index in [1.807, 2.05) is 30.8 Å². The van der Waals surface area contributed by atoms with Gasteiger partial charge < -0.3 is 10.4 Å². The molecule has 3 nitrogen and oxygen atoms in total. The molecule has 1 aromatic carbocycles. The molecule has 2 rings (SSSR count). The van der Waals surface area contributed by atoms with Crippen LogP contribution in [-0.2, 0) is 0 Å². The van der Waals surface area contributed by atoms with Gasteiger partial charge in [-0.05, 0) is 50.1 Å². The molecule has 0 saturated carbocycles. The van der Waals surface area contributed by atoms with Gasteiger partial charge in [0.2, 0.25) is 0 Å². The molecule has 1 unspecified atom stereocenters. The summed E-state index contributed by atoms with van der Waals surface area (Å²) in [6.45, 7) is 4.67. The van der Waals surface area contributed by atoms with Gasteiger partial charge in [0.15, 0.2) is 0 Å². The number of amides is 1. The van der Waals surface area contributed by atoms with Gasteiger partial charge in [0.05, 0.1) is 0 Å². The lowest BCUT2D eigenvalue weighted by molar-refractivity contribution is 0.0950. The van der Waals surface area contributed by atoms with Crippen molar-refractivity contribution in [3.63, 3.8) is 0 Å². The third kappa shape index (κ3) is 4.26. The number of aliphatic hydroxyl groups is 1. The van der Waals surface area contributed by atoms with E-state index in [1.54, 1.807) is 6.07 Å². The summed E-state index contributed by atoms with van der Waals surface area (Å²) in [5, 5.41) is 11.8. The maximum atomic E-state index is 12.3. The average molecular weight is 303 g/mol. The van der Waals surface area contributed by atoms with Crippen LogP contribution in [0, 0.1) is 18.8 Å². The lowest BCUT2D eigenvalue weighted by Crippen LogP contribution is -2.36. The van der Waals surface area contributed by atoms with E-state index >= 15 is 0 Å². The topological polar surface area (TPSA) is 49.3 Å². The van der Waals surface area contributed by atoms with Crippen LogP contribution < -0.4 is 5.32 Å². The molecule has 21 heavy (non-hydrogen) atoms. The molecular formula is C17H21NO2S. The molecule has 1 atom stereocenters. The van der Waals surface area contributed by atoms with Gasteiger partial charge in [-0.25, -0.2) is 0 Å². The van der Waals surface area contributed by atoms with Gasteiger partial charge in [0, 0.05) is 22.4 Å². The minimum Gasteiger partial charge on any atom is -0.384 e. The number of carbonyl (C=O) groups is 1. The molecule has 4 heteroatoms. The van der Waals surface area contributed by atoms with E-state index in [1.165, 1.54) is 12.2 Å². The second-order valence-electron chi connectivity index (χ2n) is 5.57. The number of hydrogen-bond acceptors (Lipinski definition) is 3. The van der Waals surface area contributed by atoms with Crippen LogP contribution in [-0.4, -0.2) is 34.7 Å². The number of nitrogens with one attached hydrogen (secondary N) is 1. The van der Waals surface area contributed by atoms with Crippen LogP contribution in [0.15, 0.2) is 18.2 Å². The van der Waals surface area contributed by atoms with Crippen LogP contribution >= 0.6 is 11.8 Å². The van der Waals surface area contributed by atoms with Crippen LogP contribution in [0.4, 0.5) is 0 Å².